The zero-order valence-corrected chi connectivity index (χ0v) is 14.7. The summed E-state index contributed by atoms with van der Waals surface area (Å²) in [7, 11) is 1.97. The predicted octanol–water partition coefficient (Wildman–Crippen LogP) is 3.71. The van der Waals surface area contributed by atoms with Crippen molar-refractivity contribution in [3.8, 4) is 0 Å². The number of hydrogen-bond donors (Lipinski definition) is 2. The Morgan fingerprint density at radius 1 is 1.19 bits per heavy atom. The molecule has 0 aliphatic carbocycles. The lowest BCUT2D eigenvalue weighted by Gasteiger charge is -2.22. The Hall–Kier alpha value is -3.67. The molecular weight excluding hydrogens is 340 g/mol. The van der Waals surface area contributed by atoms with Gasteiger partial charge in [0.05, 0.1) is 23.3 Å². The van der Waals surface area contributed by atoms with Gasteiger partial charge in [0.25, 0.3) is 5.91 Å². The van der Waals surface area contributed by atoms with Gasteiger partial charge in [0.1, 0.15) is 12.5 Å². The first kappa shape index (κ1) is 16.8. The third-order valence-corrected chi connectivity index (χ3v) is 4.63. The van der Waals surface area contributed by atoms with Gasteiger partial charge in [0.15, 0.2) is 0 Å². The monoisotopic (exact) mass is 358 g/mol. The van der Waals surface area contributed by atoms with Crippen LogP contribution in [-0.2, 0) is 0 Å². The summed E-state index contributed by atoms with van der Waals surface area (Å²) >= 11 is 0. The van der Waals surface area contributed by atoms with Crippen LogP contribution >= 0.6 is 0 Å². The Balaban J connectivity index is 1.51. The minimum atomic E-state index is -0.179. The molecule has 0 radical (unpaired) electrons. The minimum absolute atomic E-state index is 0.0580. The first-order valence-electron chi connectivity index (χ1n) is 8.55. The highest BCUT2D eigenvalue weighted by Crippen LogP contribution is 2.40. The summed E-state index contributed by atoms with van der Waals surface area (Å²) in [6.45, 7) is 0. The molecule has 0 fully saturated rings. The number of hydrogen-bond acceptors (Lipinski definition) is 5. The molecule has 6 heteroatoms. The van der Waals surface area contributed by atoms with E-state index >= 15 is 0 Å². The van der Waals surface area contributed by atoms with Crippen molar-refractivity contribution in [3.05, 3.63) is 83.7 Å². The second-order valence-electron chi connectivity index (χ2n) is 6.37. The number of fused-ring (bicyclic) bond motifs is 1. The van der Waals surface area contributed by atoms with Crippen LogP contribution in [0.5, 0.6) is 0 Å². The van der Waals surface area contributed by atoms with Gasteiger partial charge in [-0.25, -0.2) is 0 Å². The quantitative estimate of drug-likeness (QED) is 0.696. The fourth-order valence-corrected chi connectivity index (χ4v) is 3.18. The molecule has 1 aromatic heterocycles. The minimum Gasteiger partial charge on any atom is -0.360 e. The van der Waals surface area contributed by atoms with E-state index in [0.717, 1.165) is 23.2 Å². The van der Waals surface area contributed by atoms with E-state index in [2.05, 4.69) is 20.5 Å². The van der Waals surface area contributed by atoms with Crippen molar-refractivity contribution in [2.24, 2.45) is 0 Å². The third kappa shape index (κ3) is 3.25. The average Bonchev–Trinajstić information content (AvgIpc) is 3.05. The number of pyridine rings is 1. The highest BCUT2D eigenvalue weighted by molar-refractivity contribution is 6.04. The van der Waals surface area contributed by atoms with E-state index in [9.17, 15) is 9.59 Å². The van der Waals surface area contributed by atoms with Gasteiger partial charge < -0.3 is 15.5 Å². The zero-order chi connectivity index (χ0) is 18.8. The van der Waals surface area contributed by atoms with E-state index in [4.69, 9.17) is 0 Å². The summed E-state index contributed by atoms with van der Waals surface area (Å²) in [5, 5.41) is 6.26. The number of benzene rings is 2. The lowest BCUT2D eigenvalue weighted by atomic mass is 10.1. The van der Waals surface area contributed by atoms with Crippen molar-refractivity contribution >= 4 is 29.3 Å². The van der Waals surface area contributed by atoms with Gasteiger partial charge in [0, 0.05) is 24.4 Å². The second-order valence-corrected chi connectivity index (χ2v) is 6.37. The summed E-state index contributed by atoms with van der Waals surface area (Å²) in [5.41, 5.74) is 4.86. The Kier molecular flexibility index (Phi) is 4.30. The van der Waals surface area contributed by atoms with Gasteiger partial charge >= 0.3 is 0 Å². The summed E-state index contributed by atoms with van der Waals surface area (Å²) in [6.07, 6.45) is 4.05. The standard InChI is InChI=1S/C21H18N4O2/c1-25-19-11-14(13-26)4-9-18(19)24-20(25)15-5-7-16(8-6-15)21(27)23-17-3-2-10-22-12-17/h2-13,20,24H,1H3,(H,23,27). The summed E-state index contributed by atoms with van der Waals surface area (Å²) in [6, 6.07) is 16.6. The van der Waals surface area contributed by atoms with Crippen LogP contribution in [-0.4, -0.2) is 24.2 Å². The number of amides is 1. The van der Waals surface area contributed by atoms with Crippen molar-refractivity contribution in [2.45, 2.75) is 6.17 Å². The van der Waals surface area contributed by atoms with Crippen molar-refractivity contribution in [1.29, 1.82) is 0 Å². The van der Waals surface area contributed by atoms with Gasteiger partial charge in [-0.05, 0) is 48.0 Å². The maximum Gasteiger partial charge on any atom is 0.255 e. The zero-order valence-electron chi connectivity index (χ0n) is 14.7. The normalized spacial score (nSPS) is 15.0. The maximum absolute atomic E-state index is 12.4. The van der Waals surface area contributed by atoms with Crippen molar-refractivity contribution < 1.29 is 9.59 Å². The lowest BCUT2D eigenvalue weighted by Crippen LogP contribution is -2.23. The Bertz CT molecular complexity index is 987. The molecule has 6 nitrogen and oxygen atoms in total. The number of carbonyl (C=O) groups is 2. The molecule has 3 aromatic rings. The molecule has 134 valence electrons. The first-order chi connectivity index (χ1) is 13.2. The molecule has 4 rings (SSSR count). The molecule has 0 bridgehead atoms. The Morgan fingerprint density at radius 3 is 2.70 bits per heavy atom. The van der Waals surface area contributed by atoms with E-state index in [1.165, 1.54) is 0 Å². The van der Waals surface area contributed by atoms with E-state index < -0.39 is 0 Å². The number of carbonyl (C=O) groups excluding carboxylic acids is 2. The number of anilines is 3. The van der Waals surface area contributed by atoms with E-state index in [1.807, 2.05) is 31.3 Å². The van der Waals surface area contributed by atoms with Crippen LogP contribution < -0.4 is 15.5 Å². The number of aromatic nitrogens is 1. The van der Waals surface area contributed by atoms with Crippen molar-refractivity contribution in [1.82, 2.24) is 4.98 Å². The molecule has 27 heavy (non-hydrogen) atoms. The molecule has 1 unspecified atom stereocenters. The third-order valence-electron chi connectivity index (χ3n) is 4.63. The number of nitrogens with one attached hydrogen (secondary N) is 2. The first-order valence-corrected chi connectivity index (χ1v) is 8.55. The topological polar surface area (TPSA) is 74.3 Å². The predicted molar refractivity (Wildman–Crippen MR) is 105 cm³/mol. The number of rotatable bonds is 4. The van der Waals surface area contributed by atoms with E-state index in [-0.39, 0.29) is 12.1 Å². The van der Waals surface area contributed by atoms with Crippen LogP contribution in [0.4, 0.5) is 17.1 Å². The molecule has 1 atom stereocenters. The molecule has 0 spiro atoms. The van der Waals surface area contributed by atoms with Crippen LogP contribution in [0, 0.1) is 0 Å². The highest BCUT2D eigenvalue weighted by atomic mass is 16.1. The fourth-order valence-electron chi connectivity index (χ4n) is 3.18. The van der Waals surface area contributed by atoms with Gasteiger partial charge in [-0.2, -0.15) is 0 Å². The fraction of sp³-hybridized carbons (Fsp3) is 0.0952. The Labute approximate surface area is 156 Å². The van der Waals surface area contributed by atoms with Crippen LogP contribution in [0.15, 0.2) is 67.0 Å². The van der Waals surface area contributed by atoms with Crippen LogP contribution in [0.1, 0.15) is 32.4 Å². The Morgan fingerprint density at radius 2 is 2.00 bits per heavy atom. The molecule has 1 aliphatic heterocycles. The highest BCUT2D eigenvalue weighted by Gasteiger charge is 2.27. The van der Waals surface area contributed by atoms with Gasteiger partial charge in [-0.15, -0.1) is 0 Å². The summed E-state index contributed by atoms with van der Waals surface area (Å²) < 4.78 is 0. The van der Waals surface area contributed by atoms with Crippen molar-refractivity contribution in [2.75, 3.05) is 22.6 Å². The van der Waals surface area contributed by atoms with Crippen LogP contribution in [0.2, 0.25) is 0 Å². The van der Waals surface area contributed by atoms with Crippen molar-refractivity contribution in [3.63, 3.8) is 0 Å². The molecule has 1 aliphatic rings. The number of nitrogens with zero attached hydrogens (tertiary/aromatic N) is 2. The van der Waals surface area contributed by atoms with Crippen LogP contribution in [0.3, 0.4) is 0 Å². The van der Waals surface area contributed by atoms with Gasteiger partial charge in [0.2, 0.25) is 0 Å². The average molecular weight is 358 g/mol. The summed E-state index contributed by atoms with van der Waals surface area (Å²) in [4.78, 5) is 29.4. The van der Waals surface area contributed by atoms with E-state index in [0.29, 0.717) is 16.8 Å². The molecular formula is C21H18N4O2. The lowest BCUT2D eigenvalue weighted by molar-refractivity contribution is 0.102. The molecule has 2 heterocycles. The van der Waals surface area contributed by atoms with Gasteiger partial charge in [-0.3, -0.25) is 14.6 Å². The molecule has 0 saturated carbocycles. The van der Waals surface area contributed by atoms with Gasteiger partial charge in [-0.1, -0.05) is 12.1 Å². The number of aldehydes is 1. The molecule has 0 saturated heterocycles. The maximum atomic E-state index is 12.4. The SMILES string of the molecule is CN1c2cc(C=O)ccc2NC1c1ccc(C(=O)Nc2cccnc2)cc1. The molecule has 2 aromatic carbocycles. The van der Waals surface area contributed by atoms with E-state index in [1.54, 1.807) is 42.7 Å². The van der Waals surface area contributed by atoms with Crippen LogP contribution in [0.25, 0.3) is 0 Å². The smallest absolute Gasteiger partial charge is 0.255 e. The largest absolute Gasteiger partial charge is 0.360 e. The summed E-state index contributed by atoms with van der Waals surface area (Å²) in [5.74, 6) is -0.179. The molecule has 2 N–H and O–H groups in total. The molecule has 1 amide bonds. The second kappa shape index (κ2) is 6.92.